The number of hydrogen-bond donors (Lipinski definition) is 1. The molecular formula is C16H23Cl2F3N2. The zero-order valence-corrected chi connectivity index (χ0v) is 14.7. The third-order valence-corrected chi connectivity index (χ3v) is 4.34. The van der Waals surface area contributed by atoms with Crippen molar-refractivity contribution in [2.75, 3.05) is 26.2 Å². The summed E-state index contributed by atoms with van der Waals surface area (Å²) in [6.07, 6.45) is -1.76. The van der Waals surface area contributed by atoms with Gasteiger partial charge in [-0.05, 0) is 24.1 Å². The summed E-state index contributed by atoms with van der Waals surface area (Å²) < 4.78 is 40.2. The van der Waals surface area contributed by atoms with Crippen LogP contribution in [-0.2, 0) is 6.18 Å². The lowest BCUT2D eigenvalue weighted by Crippen LogP contribution is -2.45. The van der Waals surface area contributed by atoms with Gasteiger partial charge in [0, 0.05) is 37.2 Å². The molecule has 1 saturated heterocycles. The average Bonchev–Trinajstić information content (AvgIpc) is 2.49. The van der Waals surface area contributed by atoms with Crippen molar-refractivity contribution in [3.05, 3.63) is 34.3 Å². The average molecular weight is 371 g/mol. The van der Waals surface area contributed by atoms with Crippen molar-refractivity contribution in [3.63, 3.8) is 0 Å². The fourth-order valence-electron chi connectivity index (χ4n) is 2.99. The van der Waals surface area contributed by atoms with Crippen LogP contribution in [-0.4, -0.2) is 31.1 Å². The molecule has 1 aromatic rings. The Kier molecular flexibility index (Phi) is 8.14. The summed E-state index contributed by atoms with van der Waals surface area (Å²) in [5, 5.41) is 3.38. The highest BCUT2D eigenvalue weighted by atomic mass is 35.5. The van der Waals surface area contributed by atoms with Gasteiger partial charge in [0.25, 0.3) is 0 Å². The van der Waals surface area contributed by atoms with E-state index in [1.165, 1.54) is 0 Å². The third-order valence-electron chi connectivity index (χ3n) is 4.10. The largest absolute Gasteiger partial charge is 0.416 e. The van der Waals surface area contributed by atoms with E-state index in [2.05, 4.69) is 17.1 Å². The van der Waals surface area contributed by atoms with Crippen molar-refractivity contribution < 1.29 is 13.2 Å². The number of nitrogens with one attached hydrogen (secondary N) is 1. The Morgan fingerprint density at radius 3 is 2.48 bits per heavy atom. The van der Waals surface area contributed by atoms with Gasteiger partial charge in [-0.25, -0.2) is 0 Å². The van der Waals surface area contributed by atoms with Gasteiger partial charge in [0.15, 0.2) is 0 Å². The lowest BCUT2D eigenvalue weighted by Gasteiger charge is -2.36. The first-order valence-corrected chi connectivity index (χ1v) is 8.12. The Balaban J connectivity index is 0.00000264. The second kappa shape index (κ2) is 9.11. The molecule has 1 fully saturated rings. The molecule has 0 aromatic heterocycles. The van der Waals surface area contributed by atoms with Gasteiger partial charge in [-0.1, -0.05) is 37.4 Å². The summed E-state index contributed by atoms with van der Waals surface area (Å²) in [7, 11) is 0. The molecule has 0 aliphatic carbocycles. The second-order valence-electron chi connectivity index (χ2n) is 5.67. The number of rotatable bonds is 5. The summed E-state index contributed by atoms with van der Waals surface area (Å²) >= 11 is 5.79. The Bertz CT molecular complexity index is 489. The van der Waals surface area contributed by atoms with E-state index in [4.69, 9.17) is 11.6 Å². The predicted molar refractivity (Wildman–Crippen MR) is 90.4 cm³/mol. The van der Waals surface area contributed by atoms with Crippen molar-refractivity contribution in [2.24, 2.45) is 0 Å². The SMILES string of the molecule is CCCC[C@@H](c1ccc(Cl)cc1C(F)(F)F)N1CCNCC1.Cl. The molecule has 132 valence electrons. The number of nitrogens with zero attached hydrogens (tertiary/aromatic N) is 1. The first kappa shape index (κ1) is 20.6. The molecule has 2 rings (SSSR count). The maximum atomic E-state index is 13.4. The second-order valence-corrected chi connectivity index (χ2v) is 6.11. The minimum Gasteiger partial charge on any atom is -0.314 e. The molecule has 0 bridgehead atoms. The molecule has 1 aromatic carbocycles. The Labute approximate surface area is 146 Å². The van der Waals surface area contributed by atoms with Crippen molar-refractivity contribution in [1.29, 1.82) is 0 Å². The van der Waals surface area contributed by atoms with E-state index in [9.17, 15) is 13.2 Å². The van der Waals surface area contributed by atoms with Crippen LogP contribution in [0.1, 0.15) is 43.4 Å². The molecular weight excluding hydrogens is 348 g/mol. The fourth-order valence-corrected chi connectivity index (χ4v) is 3.16. The minimum atomic E-state index is -4.38. The van der Waals surface area contributed by atoms with Gasteiger partial charge < -0.3 is 5.32 Å². The van der Waals surface area contributed by atoms with Crippen LogP contribution < -0.4 is 5.32 Å². The first-order chi connectivity index (χ1) is 10.4. The van der Waals surface area contributed by atoms with Crippen molar-refractivity contribution >= 4 is 24.0 Å². The van der Waals surface area contributed by atoms with E-state index >= 15 is 0 Å². The van der Waals surface area contributed by atoms with E-state index in [1.807, 2.05) is 0 Å². The van der Waals surface area contributed by atoms with E-state index in [0.29, 0.717) is 5.56 Å². The number of unbranched alkanes of at least 4 members (excludes halogenated alkanes) is 1. The highest BCUT2D eigenvalue weighted by molar-refractivity contribution is 6.30. The molecule has 2 nitrogen and oxygen atoms in total. The van der Waals surface area contributed by atoms with Gasteiger partial charge >= 0.3 is 6.18 Å². The molecule has 0 unspecified atom stereocenters. The molecule has 1 atom stereocenters. The van der Waals surface area contributed by atoms with Crippen LogP contribution in [0, 0.1) is 0 Å². The van der Waals surface area contributed by atoms with Crippen LogP contribution in [0.25, 0.3) is 0 Å². The minimum absolute atomic E-state index is 0. The summed E-state index contributed by atoms with van der Waals surface area (Å²) in [4.78, 5) is 2.16. The lowest BCUT2D eigenvalue weighted by atomic mass is 9.94. The number of alkyl halides is 3. The molecule has 7 heteroatoms. The Morgan fingerprint density at radius 1 is 1.26 bits per heavy atom. The van der Waals surface area contributed by atoms with E-state index < -0.39 is 11.7 Å². The maximum Gasteiger partial charge on any atom is 0.416 e. The zero-order chi connectivity index (χ0) is 16.2. The van der Waals surface area contributed by atoms with Gasteiger partial charge in [0.2, 0.25) is 0 Å². The zero-order valence-electron chi connectivity index (χ0n) is 13.1. The van der Waals surface area contributed by atoms with Crippen molar-refractivity contribution in [1.82, 2.24) is 10.2 Å². The third kappa shape index (κ3) is 5.52. The molecule has 23 heavy (non-hydrogen) atoms. The van der Waals surface area contributed by atoms with Gasteiger partial charge in [-0.2, -0.15) is 13.2 Å². The Morgan fingerprint density at radius 2 is 1.91 bits per heavy atom. The quantitative estimate of drug-likeness (QED) is 0.791. The van der Waals surface area contributed by atoms with Crippen LogP contribution in [0.2, 0.25) is 5.02 Å². The number of halogens is 5. The van der Waals surface area contributed by atoms with Crippen LogP contribution >= 0.6 is 24.0 Å². The smallest absolute Gasteiger partial charge is 0.314 e. The predicted octanol–water partition coefficient (Wildman–Crippen LogP) is 4.92. The highest BCUT2D eigenvalue weighted by Gasteiger charge is 2.36. The van der Waals surface area contributed by atoms with Gasteiger partial charge in [-0.3, -0.25) is 4.90 Å². The molecule has 1 aliphatic heterocycles. The summed E-state index contributed by atoms with van der Waals surface area (Å²) in [5.41, 5.74) is -0.244. The van der Waals surface area contributed by atoms with Crippen molar-refractivity contribution in [3.8, 4) is 0 Å². The maximum absolute atomic E-state index is 13.4. The summed E-state index contributed by atoms with van der Waals surface area (Å²) in [6, 6.07) is 3.97. The summed E-state index contributed by atoms with van der Waals surface area (Å²) in [6.45, 7) is 5.24. The molecule has 0 spiro atoms. The topological polar surface area (TPSA) is 15.3 Å². The fraction of sp³-hybridized carbons (Fsp3) is 0.625. The van der Waals surface area contributed by atoms with E-state index in [-0.39, 0.29) is 23.5 Å². The summed E-state index contributed by atoms with van der Waals surface area (Å²) in [5.74, 6) is 0. The van der Waals surface area contributed by atoms with E-state index in [1.54, 1.807) is 12.1 Å². The van der Waals surface area contributed by atoms with Gasteiger partial charge in [0.05, 0.1) is 5.56 Å². The molecule has 1 aliphatic rings. The number of hydrogen-bond acceptors (Lipinski definition) is 2. The van der Waals surface area contributed by atoms with E-state index in [0.717, 1.165) is 51.5 Å². The molecule has 1 N–H and O–H groups in total. The molecule has 1 heterocycles. The standard InChI is InChI=1S/C16H22ClF3N2.ClH/c1-2-3-4-15(22-9-7-21-8-10-22)13-6-5-12(17)11-14(13)16(18,19)20;/h5-6,11,15,21H,2-4,7-10H2,1H3;1H/t15-;/m0./s1. The van der Waals surface area contributed by atoms with Crippen LogP contribution in [0.4, 0.5) is 13.2 Å². The molecule has 0 radical (unpaired) electrons. The first-order valence-electron chi connectivity index (χ1n) is 7.75. The number of piperazine rings is 1. The van der Waals surface area contributed by atoms with Gasteiger partial charge in [-0.15, -0.1) is 12.4 Å². The molecule has 0 saturated carbocycles. The normalized spacial score (nSPS) is 17.6. The van der Waals surface area contributed by atoms with Crippen LogP contribution in [0.3, 0.4) is 0 Å². The number of benzene rings is 1. The van der Waals surface area contributed by atoms with Crippen LogP contribution in [0.15, 0.2) is 18.2 Å². The lowest BCUT2D eigenvalue weighted by molar-refractivity contribution is -0.138. The molecule has 0 amide bonds. The highest BCUT2D eigenvalue weighted by Crippen LogP contribution is 2.39. The Hall–Kier alpha value is -0.490. The van der Waals surface area contributed by atoms with Crippen molar-refractivity contribution in [2.45, 2.75) is 38.4 Å². The van der Waals surface area contributed by atoms with Gasteiger partial charge in [0.1, 0.15) is 0 Å². The van der Waals surface area contributed by atoms with Crippen LogP contribution in [0.5, 0.6) is 0 Å². The monoisotopic (exact) mass is 370 g/mol.